The number of nitrogens with zero attached hydrogens (tertiary/aromatic N) is 2. The van der Waals surface area contributed by atoms with E-state index in [0.717, 1.165) is 4.90 Å². The van der Waals surface area contributed by atoms with Gasteiger partial charge in [-0.3, -0.25) is 0 Å². The Hall–Kier alpha value is -2.22. The molecule has 1 aromatic carbocycles. The zero-order valence-corrected chi connectivity index (χ0v) is 8.88. The van der Waals surface area contributed by atoms with E-state index in [1.807, 2.05) is 6.07 Å². The Kier molecular flexibility index (Phi) is 4.16. The lowest BCUT2D eigenvalue weighted by Gasteiger charge is -2.13. The molecule has 1 aromatic rings. The van der Waals surface area contributed by atoms with Crippen LogP contribution in [-0.2, 0) is 0 Å². The first-order valence-electron chi connectivity index (χ1n) is 4.70. The van der Waals surface area contributed by atoms with Crippen molar-refractivity contribution in [2.45, 2.75) is 0 Å². The maximum Gasteiger partial charge on any atom is 0.407 e. The van der Waals surface area contributed by atoms with Crippen molar-refractivity contribution in [2.75, 3.05) is 20.2 Å². The number of hydrogen-bond donors (Lipinski definition) is 1. The molecule has 0 radical (unpaired) electrons. The van der Waals surface area contributed by atoms with Crippen LogP contribution in [0.1, 0.15) is 5.56 Å². The molecule has 5 heteroatoms. The van der Waals surface area contributed by atoms with Gasteiger partial charge >= 0.3 is 6.09 Å². The zero-order chi connectivity index (χ0) is 12.0. The van der Waals surface area contributed by atoms with Gasteiger partial charge in [0.15, 0.2) is 0 Å². The highest BCUT2D eigenvalue weighted by Gasteiger charge is 2.04. The van der Waals surface area contributed by atoms with E-state index in [2.05, 4.69) is 0 Å². The molecule has 5 nitrogen and oxygen atoms in total. The standard InChI is InChI=1S/C11H12N2O3/c1-13(11(14)15)6-7-16-10-4-2-9(8-12)3-5-10/h2-5H,6-7H2,1H3,(H,14,15). The predicted octanol–water partition coefficient (Wildman–Crippen LogP) is 1.55. The number of rotatable bonds is 4. The number of carbonyl (C=O) groups is 1. The Balaban J connectivity index is 2.38. The molecule has 16 heavy (non-hydrogen) atoms. The summed E-state index contributed by atoms with van der Waals surface area (Å²) in [6.07, 6.45) is -0.983. The molecular weight excluding hydrogens is 208 g/mol. The molecule has 0 aromatic heterocycles. The predicted molar refractivity (Wildman–Crippen MR) is 57.3 cm³/mol. The van der Waals surface area contributed by atoms with Gasteiger partial charge in [0, 0.05) is 7.05 Å². The van der Waals surface area contributed by atoms with E-state index < -0.39 is 6.09 Å². The monoisotopic (exact) mass is 220 g/mol. The Bertz CT molecular complexity index is 395. The highest BCUT2D eigenvalue weighted by atomic mass is 16.5. The quantitative estimate of drug-likeness (QED) is 0.835. The smallest absolute Gasteiger partial charge is 0.407 e. The summed E-state index contributed by atoms with van der Waals surface area (Å²) in [5.74, 6) is 0.623. The fourth-order valence-electron chi connectivity index (χ4n) is 1.02. The molecule has 0 bridgehead atoms. The lowest BCUT2D eigenvalue weighted by Crippen LogP contribution is -2.29. The molecule has 0 unspecified atom stereocenters. The molecule has 0 aliphatic carbocycles. The van der Waals surface area contributed by atoms with E-state index in [1.165, 1.54) is 7.05 Å². The summed E-state index contributed by atoms with van der Waals surface area (Å²) in [5, 5.41) is 17.2. The minimum atomic E-state index is -0.983. The molecular formula is C11H12N2O3. The molecule has 0 atom stereocenters. The van der Waals surface area contributed by atoms with Gasteiger partial charge in [-0.2, -0.15) is 5.26 Å². The molecule has 1 rings (SSSR count). The van der Waals surface area contributed by atoms with Crippen molar-refractivity contribution < 1.29 is 14.6 Å². The first-order chi connectivity index (χ1) is 7.63. The highest BCUT2D eigenvalue weighted by molar-refractivity contribution is 5.64. The Labute approximate surface area is 93.5 Å². The molecule has 0 spiro atoms. The van der Waals surface area contributed by atoms with E-state index in [9.17, 15) is 4.79 Å². The van der Waals surface area contributed by atoms with Crippen LogP contribution in [0.4, 0.5) is 4.79 Å². The topological polar surface area (TPSA) is 73.6 Å². The van der Waals surface area contributed by atoms with E-state index in [4.69, 9.17) is 15.1 Å². The second-order valence-corrected chi connectivity index (χ2v) is 3.19. The maximum atomic E-state index is 10.5. The average molecular weight is 220 g/mol. The lowest BCUT2D eigenvalue weighted by molar-refractivity contribution is 0.147. The Morgan fingerprint density at radius 2 is 2.12 bits per heavy atom. The lowest BCUT2D eigenvalue weighted by atomic mass is 10.2. The molecule has 1 amide bonds. The first-order valence-corrected chi connectivity index (χ1v) is 4.70. The van der Waals surface area contributed by atoms with Crippen molar-refractivity contribution in [3.63, 3.8) is 0 Å². The molecule has 0 saturated carbocycles. The van der Waals surface area contributed by atoms with Gasteiger partial charge in [0.1, 0.15) is 12.4 Å². The van der Waals surface area contributed by atoms with Gasteiger partial charge in [-0.15, -0.1) is 0 Å². The van der Waals surface area contributed by atoms with Gasteiger partial charge in [-0.25, -0.2) is 4.79 Å². The van der Waals surface area contributed by atoms with Crippen LogP contribution in [-0.4, -0.2) is 36.3 Å². The summed E-state index contributed by atoms with van der Waals surface area (Å²) in [6.45, 7) is 0.587. The third-order valence-corrected chi connectivity index (χ3v) is 2.01. The number of ether oxygens (including phenoxy) is 1. The summed E-state index contributed by atoms with van der Waals surface area (Å²) in [7, 11) is 1.48. The van der Waals surface area contributed by atoms with Crippen molar-refractivity contribution in [3.8, 4) is 11.8 Å². The summed E-state index contributed by atoms with van der Waals surface area (Å²) >= 11 is 0. The Morgan fingerprint density at radius 3 is 2.62 bits per heavy atom. The minimum Gasteiger partial charge on any atom is -0.492 e. The van der Waals surface area contributed by atoms with Crippen LogP contribution in [0.5, 0.6) is 5.75 Å². The van der Waals surface area contributed by atoms with Crippen molar-refractivity contribution in [3.05, 3.63) is 29.8 Å². The van der Waals surface area contributed by atoms with Gasteiger partial charge < -0.3 is 14.7 Å². The number of likely N-dealkylation sites (N-methyl/N-ethyl adjacent to an activating group) is 1. The first kappa shape index (κ1) is 11.9. The number of nitriles is 1. The normalized spacial score (nSPS) is 9.25. The van der Waals surface area contributed by atoms with E-state index in [1.54, 1.807) is 24.3 Å². The number of hydrogen-bond acceptors (Lipinski definition) is 3. The van der Waals surface area contributed by atoms with Crippen LogP contribution in [0.3, 0.4) is 0 Å². The average Bonchev–Trinajstić information content (AvgIpc) is 2.29. The molecule has 0 aliphatic rings. The second kappa shape index (κ2) is 5.61. The van der Waals surface area contributed by atoms with Gasteiger partial charge in [-0.05, 0) is 24.3 Å². The van der Waals surface area contributed by atoms with Crippen molar-refractivity contribution in [2.24, 2.45) is 0 Å². The molecule has 0 aliphatic heterocycles. The second-order valence-electron chi connectivity index (χ2n) is 3.19. The van der Waals surface area contributed by atoms with Crippen molar-refractivity contribution >= 4 is 6.09 Å². The summed E-state index contributed by atoms with van der Waals surface area (Å²) < 4.78 is 5.31. The van der Waals surface area contributed by atoms with E-state index >= 15 is 0 Å². The summed E-state index contributed by atoms with van der Waals surface area (Å²) in [5.41, 5.74) is 0.565. The molecule has 0 saturated heterocycles. The van der Waals surface area contributed by atoms with E-state index in [-0.39, 0.29) is 6.61 Å². The molecule has 84 valence electrons. The molecule has 1 N–H and O–H groups in total. The fraction of sp³-hybridized carbons (Fsp3) is 0.273. The largest absolute Gasteiger partial charge is 0.492 e. The number of carboxylic acid groups (broad SMARTS) is 1. The zero-order valence-electron chi connectivity index (χ0n) is 8.88. The number of amides is 1. The highest BCUT2D eigenvalue weighted by Crippen LogP contribution is 2.11. The van der Waals surface area contributed by atoms with Gasteiger partial charge in [-0.1, -0.05) is 0 Å². The van der Waals surface area contributed by atoms with Crippen LogP contribution in [0.2, 0.25) is 0 Å². The summed E-state index contributed by atoms with van der Waals surface area (Å²) in [4.78, 5) is 11.6. The summed E-state index contributed by atoms with van der Waals surface area (Å²) in [6, 6.07) is 8.66. The van der Waals surface area contributed by atoms with Gasteiger partial charge in [0.05, 0.1) is 18.2 Å². The van der Waals surface area contributed by atoms with Gasteiger partial charge in [0.25, 0.3) is 0 Å². The van der Waals surface area contributed by atoms with Gasteiger partial charge in [0.2, 0.25) is 0 Å². The van der Waals surface area contributed by atoms with Crippen LogP contribution < -0.4 is 4.74 Å². The Morgan fingerprint density at radius 1 is 1.50 bits per heavy atom. The van der Waals surface area contributed by atoms with Crippen LogP contribution in [0, 0.1) is 11.3 Å². The van der Waals surface area contributed by atoms with Crippen LogP contribution >= 0.6 is 0 Å². The SMILES string of the molecule is CN(CCOc1ccc(C#N)cc1)C(=O)O. The van der Waals surface area contributed by atoms with Crippen LogP contribution in [0.25, 0.3) is 0 Å². The molecule has 0 heterocycles. The van der Waals surface area contributed by atoms with E-state index in [0.29, 0.717) is 17.9 Å². The third kappa shape index (κ3) is 3.50. The fourth-order valence-corrected chi connectivity index (χ4v) is 1.02. The van der Waals surface area contributed by atoms with Crippen molar-refractivity contribution in [1.82, 2.24) is 4.90 Å². The molecule has 0 fully saturated rings. The minimum absolute atomic E-state index is 0.286. The number of benzene rings is 1. The van der Waals surface area contributed by atoms with Crippen LogP contribution in [0.15, 0.2) is 24.3 Å². The van der Waals surface area contributed by atoms with Crippen molar-refractivity contribution in [1.29, 1.82) is 5.26 Å². The third-order valence-electron chi connectivity index (χ3n) is 2.01. The maximum absolute atomic E-state index is 10.5.